The summed E-state index contributed by atoms with van der Waals surface area (Å²) in [6.07, 6.45) is 2.68. The molecular weight excluding hydrogens is 428 g/mol. The van der Waals surface area contributed by atoms with E-state index in [1.165, 1.54) is 10.4 Å². The number of hydrogen-bond acceptors (Lipinski definition) is 5. The van der Waals surface area contributed by atoms with Crippen molar-refractivity contribution in [2.75, 3.05) is 19.7 Å². The zero-order valence-corrected chi connectivity index (χ0v) is 19.6. The van der Waals surface area contributed by atoms with Crippen molar-refractivity contribution in [1.82, 2.24) is 9.62 Å². The van der Waals surface area contributed by atoms with Gasteiger partial charge in [-0.1, -0.05) is 6.07 Å². The molecule has 0 bridgehead atoms. The van der Waals surface area contributed by atoms with Gasteiger partial charge >= 0.3 is 0 Å². The van der Waals surface area contributed by atoms with E-state index in [9.17, 15) is 13.2 Å². The molecule has 2 aliphatic rings. The lowest BCUT2D eigenvalue weighted by Crippen LogP contribution is -2.29. The normalized spacial score (nSPS) is 18.3. The number of amides is 1. The number of nitrogens with one attached hydrogen (secondary N) is 1. The molecule has 2 heterocycles. The fourth-order valence-corrected chi connectivity index (χ4v) is 5.81. The summed E-state index contributed by atoms with van der Waals surface area (Å²) >= 11 is 0. The first-order chi connectivity index (χ1) is 15.3. The molecule has 1 atom stereocenters. The fraction of sp³-hybridized carbons (Fsp3) is 0.458. The van der Waals surface area contributed by atoms with E-state index in [1.807, 2.05) is 26.0 Å². The van der Waals surface area contributed by atoms with Crippen LogP contribution in [0, 0.1) is 6.92 Å². The van der Waals surface area contributed by atoms with Gasteiger partial charge in [-0.15, -0.1) is 0 Å². The average Bonchev–Trinajstić information content (AvgIpc) is 3.41. The van der Waals surface area contributed by atoms with Crippen LogP contribution in [-0.2, 0) is 23.0 Å². The number of carbonyl (C=O) groups excluding carboxylic acids is 1. The van der Waals surface area contributed by atoms with Crippen molar-refractivity contribution in [3.63, 3.8) is 0 Å². The molecule has 1 amide bonds. The van der Waals surface area contributed by atoms with E-state index >= 15 is 0 Å². The number of benzene rings is 2. The Morgan fingerprint density at radius 1 is 1.22 bits per heavy atom. The number of sulfonamides is 1. The molecule has 0 aliphatic carbocycles. The Hall–Kier alpha value is -2.58. The number of fused-ring (bicyclic) bond motifs is 1. The van der Waals surface area contributed by atoms with Crippen LogP contribution < -0.4 is 14.8 Å². The lowest BCUT2D eigenvalue weighted by atomic mass is 10.1. The third kappa shape index (κ3) is 4.47. The summed E-state index contributed by atoms with van der Waals surface area (Å²) in [4.78, 5) is 13.2. The number of ether oxygens (including phenoxy) is 2. The molecule has 1 N–H and O–H groups in total. The maximum Gasteiger partial charge on any atom is 0.251 e. The highest BCUT2D eigenvalue weighted by Crippen LogP contribution is 2.35. The standard InChI is InChI=1S/C24H30N2O5S/c1-4-30-22-12-18-11-17(3)31-23(18)13-19(22)15-25-24(27)21-14-20(8-7-16(21)2)32(28,29)26-9-5-6-10-26/h7-8,12-14,17H,4-6,9-11,15H2,1-3H3,(H,25,27)/t17-/m0/s1. The van der Waals surface area contributed by atoms with Gasteiger partial charge in [0.1, 0.15) is 17.6 Å². The Morgan fingerprint density at radius 2 is 1.97 bits per heavy atom. The largest absolute Gasteiger partial charge is 0.494 e. The zero-order chi connectivity index (χ0) is 22.9. The Bertz CT molecular complexity index is 1120. The molecule has 2 aliphatic heterocycles. The van der Waals surface area contributed by atoms with E-state index in [4.69, 9.17) is 9.47 Å². The predicted molar refractivity (Wildman–Crippen MR) is 122 cm³/mol. The number of aryl methyl sites for hydroxylation is 1. The van der Waals surface area contributed by atoms with E-state index in [-0.39, 0.29) is 23.5 Å². The fourth-order valence-electron chi connectivity index (χ4n) is 4.26. The summed E-state index contributed by atoms with van der Waals surface area (Å²) in [6.45, 7) is 7.57. The second kappa shape index (κ2) is 9.11. The smallest absolute Gasteiger partial charge is 0.251 e. The summed E-state index contributed by atoms with van der Waals surface area (Å²) in [5.41, 5.74) is 3.01. The Kier molecular flexibility index (Phi) is 6.44. The van der Waals surface area contributed by atoms with Crippen molar-refractivity contribution in [1.29, 1.82) is 0 Å². The summed E-state index contributed by atoms with van der Waals surface area (Å²) < 4.78 is 39.0. The summed E-state index contributed by atoms with van der Waals surface area (Å²) in [5, 5.41) is 2.92. The van der Waals surface area contributed by atoms with Gasteiger partial charge in [-0.2, -0.15) is 4.31 Å². The summed E-state index contributed by atoms with van der Waals surface area (Å²) in [5.74, 6) is 1.23. The molecule has 0 aromatic heterocycles. The molecule has 4 rings (SSSR count). The molecular formula is C24H30N2O5S. The molecule has 0 spiro atoms. The first kappa shape index (κ1) is 22.6. The molecule has 0 unspecified atom stereocenters. The van der Waals surface area contributed by atoms with Gasteiger partial charge in [0.05, 0.1) is 11.5 Å². The Labute approximate surface area is 189 Å². The molecule has 2 aromatic rings. The van der Waals surface area contributed by atoms with E-state index < -0.39 is 10.0 Å². The van der Waals surface area contributed by atoms with E-state index in [1.54, 1.807) is 19.1 Å². The quantitative estimate of drug-likeness (QED) is 0.687. The molecule has 7 nitrogen and oxygen atoms in total. The van der Waals surface area contributed by atoms with Crippen LogP contribution in [-0.4, -0.2) is 44.4 Å². The minimum atomic E-state index is -3.59. The maximum absolute atomic E-state index is 13.0. The highest BCUT2D eigenvalue weighted by molar-refractivity contribution is 7.89. The van der Waals surface area contributed by atoms with Gasteiger partial charge in [0.15, 0.2) is 0 Å². The van der Waals surface area contributed by atoms with Crippen molar-refractivity contribution in [2.24, 2.45) is 0 Å². The van der Waals surface area contributed by atoms with Gasteiger partial charge in [-0.05, 0) is 63.4 Å². The van der Waals surface area contributed by atoms with E-state index in [2.05, 4.69) is 5.32 Å². The topological polar surface area (TPSA) is 84.9 Å². The Morgan fingerprint density at radius 3 is 2.69 bits per heavy atom. The van der Waals surface area contributed by atoms with E-state index in [0.29, 0.717) is 25.3 Å². The molecule has 32 heavy (non-hydrogen) atoms. The number of rotatable bonds is 7. The third-order valence-electron chi connectivity index (χ3n) is 5.97. The van der Waals surface area contributed by atoms with Crippen LogP contribution in [0.5, 0.6) is 11.5 Å². The maximum atomic E-state index is 13.0. The average molecular weight is 459 g/mol. The van der Waals surface area contributed by atoms with Gasteiger partial charge < -0.3 is 14.8 Å². The van der Waals surface area contributed by atoms with Crippen LogP contribution in [0.1, 0.15) is 53.7 Å². The highest BCUT2D eigenvalue weighted by atomic mass is 32.2. The first-order valence-electron chi connectivity index (χ1n) is 11.1. The van der Waals surface area contributed by atoms with Gasteiger partial charge in [0.2, 0.25) is 10.0 Å². The summed E-state index contributed by atoms with van der Waals surface area (Å²) in [7, 11) is -3.59. The second-order valence-corrected chi connectivity index (χ2v) is 10.3. The number of hydrogen-bond donors (Lipinski definition) is 1. The van der Waals surface area contributed by atoms with Gasteiger partial charge in [0, 0.05) is 42.7 Å². The molecule has 1 saturated heterocycles. The molecule has 172 valence electrons. The molecule has 0 radical (unpaired) electrons. The minimum Gasteiger partial charge on any atom is -0.494 e. The van der Waals surface area contributed by atoms with Gasteiger partial charge in [-0.3, -0.25) is 4.79 Å². The van der Waals surface area contributed by atoms with Crippen molar-refractivity contribution < 1.29 is 22.7 Å². The number of carbonyl (C=O) groups is 1. The van der Waals surface area contributed by atoms with Crippen molar-refractivity contribution in [3.05, 3.63) is 52.6 Å². The third-order valence-corrected chi connectivity index (χ3v) is 7.87. The lowest BCUT2D eigenvalue weighted by Gasteiger charge is -2.17. The molecule has 1 fully saturated rings. The van der Waals surface area contributed by atoms with Crippen LogP contribution >= 0.6 is 0 Å². The van der Waals surface area contributed by atoms with Crippen molar-refractivity contribution >= 4 is 15.9 Å². The Balaban J connectivity index is 1.54. The predicted octanol–water partition coefficient (Wildman–Crippen LogP) is 3.43. The van der Waals surface area contributed by atoms with Crippen molar-refractivity contribution in [3.8, 4) is 11.5 Å². The van der Waals surface area contributed by atoms with Crippen LogP contribution in [0.4, 0.5) is 0 Å². The van der Waals surface area contributed by atoms with Crippen LogP contribution in [0.3, 0.4) is 0 Å². The van der Waals surface area contributed by atoms with Crippen molar-refractivity contribution in [2.45, 2.75) is 57.6 Å². The molecule has 0 saturated carbocycles. The first-order valence-corrected chi connectivity index (χ1v) is 12.6. The van der Waals surface area contributed by atoms with Gasteiger partial charge in [0.25, 0.3) is 5.91 Å². The second-order valence-electron chi connectivity index (χ2n) is 8.40. The molecule has 2 aromatic carbocycles. The van der Waals surface area contributed by atoms with Crippen LogP contribution in [0.2, 0.25) is 0 Å². The van der Waals surface area contributed by atoms with Crippen LogP contribution in [0.25, 0.3) is 0 Å². The lowest BCUT2D eigenvalue weighted by molar-refractivity contribution is 0.0949. The molecule has 8 heteroatoms. The van der Waals surface area contributed by atoms with E-state index in [0.717, 1.165) is 47.5 Å². The zero-order valence-electron chi connectivity index (χ0n) is 18.8. The SMILES string of the molecule is CCOc1cc2c(cc1CNC(=O)c1cc(S(=O)(=O)N3CCCC3)ccc1C)O[C@@H](C)C2. The number of nitrogens with zero attached hydrogens (tertiary/aromatic N) is 1. The monoisotopic (exact) mass is 458 g/mol. The summed E-state index contributed by atoms with van der Waals surface area (Å²) in [6, 6.07) is 8.65. The highest BCUT2D eigenvalue weighted by Gasteiger charge is 2.28. The van der Waals surface area contributed by atoms with Crippen LogP contribution in [0.15, 0.2) is 35.2 Å². The van der Waals surface area contributed by atoms with Gasteiger partial charge in [-0.25, -0.2) is 8.42 Å². The minimum absolute atomic E-state index is 0.118.